The molecule has 6 nitrogen and oxygen atoms in total. The van der Waals surface area contributed by atoms with Gasteiger partial charge in [-0.05, 0) is 12.1 Å². The Kier molecular flexibility index (Phi) is 4.57. The van der Waals surface area contributed by atoms with E-state index in [4.69, 9.17) is 14.2 Å². The van der Waals surface area contributed by atoms with Gasteiger partial charge in [0.2, 0.25) is 0 Å². The Bertz CT molecular complexity index is 1210. The summed E-state index contributed by atoms with van der Waals surface area (Å²) in [5, 5.41) is 3.72. The van der Waals surface area contributed by atoms with E-state index in [9.17, 15) is 9.18 Å². The molecule has 3 heterocycles. The monoisotopic (exact) mass is 430 g/mol. The summed E-state index contributed by atoms with van der Waals surface area (Å²) in [6.45, 7) is 1.15. The summed E-state index contributed by atoms with van der Waals surface area (Å²) in [6.07, 6.45) is 0. The number of carbonyl (C=O) groups is 1. The molecule has 0 atom stereocenters. The first-order chi connectivity index (χ1) is 14.1. The number of fused-ring (bicyclic) bond motifs is 3. The molecule has 2 aromatic heterocycles. The largest absolute Gasteiger partial charge is 0.486 e. The molecule has 0 fully saturated rings. The number of rotatable bonds is 4. The van der Waals surface area contributed by atoms with E-state index >= 15 is 0 Å². The first kappa shape index (κ1) is 18.3. The third-order valence-electron chi connectivity index (χ3n) is 4.53. The van der Waals surface area contributed by atoms with E-state index in [1.165, 1.54) is 35.8 Å². The number of thiophene rings is 1. The summed E-state index contributed by atoms with van der Waals surface area (Å²) >= 11 is 2.58. The minimum Gasteiger partial charge on any atom is -0.486 e. The summed E-state index contributed by atoms with van der Waals surface area (Å²) in [5.74, 6) is 0.617. The number of nitrogens with one attached hydrogen (secondary N) is 1. The van der Waals surface area contributed by atoms with Gasteiger partial charge in [0.15, 0.2) is 16.6 Å². The maximum absolute atomic E-state index is 14.3. The number of carbonyl (C=O) groups excluding carboxylic acids is 1. The lowest BCUT2D eigenvalue weighted by Crippen LogP contribution is -2.15. The van der Waals surface area contributed by atoms with Crippen molar-refractivity contribution in [3.63, 3.8) is 0 Å². The SMILES string of the molecule is COCc1c(C(=O)Nc2nc3cc4c(cc3s2)OCCO4)sc2cccc(F)c12. The highest BCUT2D eigenvalue weighted by molar-refractivity contribution is 7.23. The molecule has 4 aromatic rings. The smallest absolute Gasteiger partial charge is 0.267 e. The molecule has 29 heavy (non-hydrogen) atoms. The summed E-state index contributed by atoms with van der Waals surface area (Å²) in [5.41, 5.74) is 1.26. The molecule has 0 saturated carbocycles. The molecule has 2 aromatic carbocycles. The molecular weight excluding hydrogens is 415 g/mol. The van der Waals surface area contributed by atoms with Crippen LogP contribution in [0.3, 0.4) is 0 Å². The van der Waals surface area contributed by atoms with Crippen LogP contribution in [0.1, 0.15) is 15.2 Å². The fraction of sp³-hybridized carbons (Fsp3) is 0.200. The Labute approximate surface area is 172 Å². The van der Waals surface area contributed by atoms with Crippen LogP contribution in [0.25, 0.3) is 20.3 Å². The fourth-order valence-electron chi connectivity index (χ4n) is 3.31. The van der Waals surface area contributed by atoms with Crippen molar-refractivity contribution < 1.29 is 23.4 Å². The maximum atomic E-state index is 14.3. The molecule has 0 radical (unpaired) electrons. The van der Waals surface area contributed by atoms with Gasteiger partial charge in [0.1, 0.15) is 19.0 Å². The van der Waals surface area contributed by atoms with Crippen LogP contribution in [-0.4, -0.2) is 31.2 Å². The molecule has 0 saturated heterocycles. The summed E-state index contributed by atoms with van der Waals surface area (Å²) < 4.78 is 32.3. The standard InChI is InChI=1S/C20H15FN2O4S2/c1-25-9-10-17-11(21)3-2-4-15(17)28-18(10)19(24)23-20-22-12-7-13-14(8-16(12)29-20)27-6-5-26-13/h2-4,7-8H,5-6,9H2,1H3,(H,22,23,24). The third kappa shape index (κ3) is 3.21. The summed E-state index contributed by atoms with van der Waals surface area (Å²) in [7, 11) is 1.52. The van der Waals surface area contributed by atoms with Gasteiger partial charge < -0.3 is 14.2 Å². The number of hydrogen-bond acceptors (Lipinski definition) is 7. The van der Waals surface area contributed by atoms with E-state index in [0.717, 1.165) is 4.70 Å². The Balaban J connectivity index is 1.50. The normalized spacial score (nSPS) is 13.2. The van der Waals surface area contributed by atoms with E-state index in [0.29, 0.717) is 55.9 Å². The molecule has 5 rings (SSSR count). The number of anilines is 1. The number of thiazole rings is 1. The predicted octanol–water partition coefficient (Wildman–Crippen LogP) is 4.82. The number of nitrogens with zero attached hydrogens (tertiary/aromatic N) is 1. The first-order valence-corrected chi connectivity index (χ1v) is 10.5. The molecule has 148 valence electrons. The lowest BCUT2D eigenvalue weighted by atomic mass is 10.1. The van der Waals surface area contributed by atoms with Gasteiger partial charge >= 0.3 is 0 Å². The molecule has 1 amide bonds. The van der Waals surface area contributed by atoms with Gasteiger partial charge in [-0.3, -0.25) is 10.1 Å². The molecule has 0 bridgehead atoms. The van der Waals surface area contributed by atoms with Gasteiger partial charge in [-0.15, -0.1) is 11.3 Å². The minimum absolute atomic E-state index is 0.144. The molecule has 1 N–H and O–H groups in total. The quantitative estimate of drug-likeness (QED) is 0.503. The van der Waals surface area contributed by atoms with Crippen LogP contribution < -0.4 is 14.8 Å². The van der Waals surface area contributed by atoms with Crippen LogP contribution in [0, 0.1) is 5.82 Å². The van der Waals surface area contributed by atoms with Gasteiger partial charge in [-0.1, -0.05) is 17.4 Å². The second-order valence-corrected chi connectivity index (χ2v) is 8.48. The predicted molar refractivity (Wildman–Crippen MR) is 111 cm³/mol. The van der Waals surface area contributed by atoms with E-state index in [2.05, 4.69) is 10.3 Å². The van der Waals surface area contributed by atoms with Crippen molar-refractivity contribution in [1.82, 2.24) is 4.98 Å². The maximum Gasteiger partial charge on any atom is 0.267 e. The van der Waals surface area contributed by atoms with E-state index < -0.39 is 0 Å². The Hall–Kier alpha value is -2.75. The number of hydrogen-bond donors (Lipinski definition) is 1. The first-order valence-electron chi connectivity index (χ1n) is 8.84. The van der Waals surface area contributed by atoms with Crippen LogP contribution in [0.2, 0.25) is 0 Å². The number of ether oxygens (including phenoxy) is 3. The lowest BCUT2D eigenvalue weighted by molar-refractivity contribution is 0.102. The van der Waals surface area contributed by atoms with Crippen LogP contribution >= 0.6 is 22.7 Å². The summed E-state index contributed by atoms with van der Waals surface area (Å²) in [6, 6.07) is 8.48. The number of aromatic nitrogens is 1. The average Bonchev–Trinajstić information content (AvgIpc) is 3.27. The highest BCUT2D eigenvalue weighted by Gasteiger charge is 2.22. The van der Waals surface area contributed by atoms with Crippen molar-refractivity contribution in [1.29, 1.82) is 0 Å². The molecule has 1 aliphatic heterocycles. The number of methoxy groups -OCH3 is 1. The number of benzene rings is 2. The molecular formula is C20H15FN2O4S2. The Morgan fingerprint density at radius 3 is 2.79 bits per heavy atom. The van der Waals surface area contributed by atoms with Gasteiger partial charge in [-0.25, -0.2) is 9.37 Å². The van der Waals surface area contributed by atoms with Crippen molar-refractivity contribution in [3.8, 4) is 11.5 Å². The van der Waals surface area contributed by atoms with Crippen molar-refractivity contribution in [2.75, 3.05) is 25.6 Å². The van der Waals surface area contributed by atoms with E-state index in [-0.39, 0.29) is 18.3 Å². The van der Waals surface area contributed by atoms with Crippen LogP contribution in [0.4, 0.5) is 9.52 Å². The van der Waals surface area contributed by atoms with Crippen LogP contribution in [-0.2, 0) is 11.3 Å². The highest BCUT2D eigenvalue weighted by atomic mass is 32.1. The van der Waals surface area contributed by atoms with Crippen molar-refractivity contribution in [2.45, 2.75) is 6.61 Å². The van der Waals surface area contributed by atoms with E-state index in [1.54, 1.807) is 18.2 Å². The molecule has 0 spiro atoms. The second-order valence-electron chi connectivity index (χ2n) is 6.39. The van der Waals surface area contributed by atoms with Gasteiger partial charge in [0.05, 0.1) is 21.7 Å². The number of halogens is 1. The Morgan fingerprint density at radius 2 is 2.00 bits per heavy atom. The van der Waals surface area contributed by atoms with Gasteiger partial charge in [0, 0.05) is 34.9 Å². The van der Waals surface area contributed by atoms with Gasteiger partial charge in [0.25, 0.3) is 5.91 Å². The highest BCUT2D eigenvalue weighted by Crippen LogP contribution is 2.39. The average molecular weight is 430 g/mol. The minimum atomic E-state index is -0.365. The lowest BCUT2D eigenvalue weighted by Gasteiger charge is -2.17. The third-order valence-corrected chi connectivity index (χ3v) is 6.66. The zero-order valence-corrected chi connectivity index (χ0v) is 16.9. The van der Waals surface area contributed by atoms with Gasteiger partial charge in [-0.2, -0.15) is 0 Å². The molecule has 9 heteroatoms. The molecule has 0 unspecified atom stereocenters. The topological polar surface area (TPSA) is 69.7 Å². The zero-order chi connectivity index (χ0) is 20.0. The van der Waals surface area contributed by atoms with Crippen molar-refractivity contribution in [3.05, 3.63) is 46.6 Å². The molecule has 0 aliphatic carbocycles. The van der Waals surface area contributed by atoms with Crippen molar-refractivity contribution in [2.24, 2.45) is 0 Å². The van der Waals surface area contributed by atoms with Crippen LogP contribution in [0.15, 0.2) is 30.3 Å². The number of amides is 1. The van der Waals surface area contributed by atoms with Crippen LogP contribution in [0.5, 0.6) is 11.5 Å². The fourth-order valence-corrected chi connectivity index (χ4v) is 5.29. The van der Waals surface area contributed by atoms with E-state index in [1.807, 2.05) is 6.07 Å². The zero-order valence-electron chi connectivity index (χ0n) is 15.3. The summed E-state index contributed by atoms with van der Waals surface area (Å²) in [4.78, 5) is 17.9. The molecule has 1 aliphatic rings. The van der Waals surface area contributed by atoms with Crippen molar-refractivity contribution >= 4 is 54.0 Å². The Morgan fingerprint density at radius 1 is 1.21 bits per heavy atom. The second kappa shape index (κ2) is 7.25.